The topological polar surface area (TPSA) is 119 Å². The molecule has 3 saturated heterocycles. The summed E-state index contributed by atoms with van der Waals surface area (Å²) in [5.41, 5.74) is 2.45. The fourth-order valence-electron chi connectivity index (χ4n) is 4.71. The monoisotopic (exact) mass is 477 g/mol. The molecular formula is C22H31N5O5S. The lowest BCUT2D eigenvalue weighted by Crippen LogP contribution is -2.55. The number of nitrogens with one attached hydrogen (secondary N) is 2. The van der Waals surface area contributed by atoms with Crippen molar-refractivity contribution < 1.29 is 22.8 Å². The molecular weight excluding hydrogens is 446 g/mol. The van der Waals surface area contributed by atoms with Gasteiger partial charge in [0.1, 0.15) is 5.54 Å². The Kier molecular flexibility index (Phi) is 6.73. The predicted octanol–water partition coefficient (Wildman–Crippen LogP) is -0.234. The van der Waals surface area contributed by atoms with Crippen LogP contribution in [0.2, 0.25) is 0 Å². The summed E-state index contributed by atoms with van der Waals surface area (Å²) in [6, 6.07) is 9.14. The Morgan fingerprint density at radius 2 is 1.85 bits per heavy atom. The number of rotatable bonds is 7. The molecule has 3 fully saturated rings. The van der Waals surface area contributed by atoms with Gasteiger partial charge in [0.05, 0.1) is 18.1 Å². The summed E-state index contributed by atoms with van der Waals surface area (Å²) in [6.07, 6.45) is 1.71. The van der Waals surface area contributed by atoms with E-state index in [1.165, 1.54) is 0 Å². The first kappa shape index (κ1) is 23.7. The van der Waals surface area contributed by atoms with E-state index in [0.29, 0.717) is 45.4 Å². The van der Waals surface area contributed by atoms with Crippen molar-refractivity contribution in [2.75, 3.05) is 44.2 Å². The molecule has 10 nitrogen and oxygen atoms in total. The summed E-state index contributed by atoms with van der Waals surface area (Å²) in [5.74, 6) is -0.439. The van der Waals surface area contributed by atoms with Gasteiger partial charge < -0.3 is 5.32 Å². The van der Waals surface area contributed by atoms with Crippen LogP contribution in [0.4, 0.5) is 4.79 Å². The first-order valence-corrected chi connectivity index (χ1v) is 13.1. The van der Waals surface area contributed by atoms with Gasteiger partial charge in [0.15, 0.2) is 9.84 Å². The van der Waals surface area contributed by atoms with Gasteiger partial charge in [0, 0.05) is 32.2 Å². The molecule has 11 heteroatoms. The molecule has 0 aliphatic carbocycles. The highest BCUT2D eigenvalue weighted by Crippen LogP contribution is 2.22. The van der Waals surface area contributed by atoms with Gasteiger partial charge in [-0.1, -0.05) is 30.3 Å². The molecule has 0 saturated carbocycles. The maximum absolute atomic E-state index is 12.9. The molecule has 1 aromatic carbocycles. The number of amides is 4. The molecule has 4 amide bonds. The lowest BCUT2D eigenvalue weighted by Gasteiger charge is -2.37. The molecule has 4 rings (SSSR count). The van der Waals surface area contributed by atoms with Crippen LogP contribution < -0.4 is 10.7 Å². The summed E-state index contributed by atoms with van der Waals surface area (Å²) >= 11 is 0. The molecule has 3 aliphatic heterocycles. The number of carbonyl (C=O) groups excluding carboxylic acids is 3. The number of hydrazine groups is 1. The Balaban J connectivity index is 1.25. The van der Waals surface area contributed by atoms with Gasteiger partial charge in [-0.3, -0.25) is 24.8 Å². The van der Waals surface area contributed by atoms with Crippen molar-refractivity contribution in [3.63, 3.8) is 0 Å². The Bertz CT molecular complexity index is 1010. The number of piperazine rings is 1. The predicted molar refractivity (Wildman–Crippen MR) is 122 cm³/mol. The van der Waals surface area contributed by atoms with Gasteiger partial charge in [-0.05, 0) is 31.7 Å². The molecule has 0 unspecified atom stereocenters. The minimum Gasteiger partial charge on any atom is -0.322 e. The molecule has 2 atom stereocenters. The standard InChI is InChI=1S/C22H31N5O5S/c1-22(9-7-17-5-3-2-4-6-17)20(29)27(21(30)23-22)24-19(28)15-25-10-12-26(13-11-25)18-8-14-33(31,32)16-18/h2-6,18H,7-16H2,1H3,(H,23,30)(H,24,28)/t18-,22-/m1/s1. The molecule has 33 heavy (non-hydrogen) atoms. The number of hydrogen-bond acceptors (Lipinski definition) is 7. The van der Waals surface area contributed by atoms with Gasteiger partial charge in [0.2, 0.25) is 0 Å². The van der Waals surface area contributed by atoms with E-state index in [-0.39, 0.29) is 24.1 Å². The van der Waals surface area contributed by atoms with E-state index in [1.54, 1.807) is 6.92 Å². The zero-order valence-corrected chi connectivity index (χ0v) is 19.6. The van der Waals surface area contributed by atoms with Crippen LogP contribution in [0.1, 0.15) is 25.3 Å². The van der Waals surface area contributed by atoms with Crippen molar-refractivity contribution in [3.05, 3.63) is 35.9 Å². The Morgan fingerprint density at radius 3 is 2.48 bits per heavy atom. The highest BCUT2D eigenvalue weighted by atomic mass is 32.2. The van der Waals surface area contributed by atoms with Gasteiger partial charge in [-0.2, -0.15) is 5.01 Å². The molecule has 0 spiro atoms. The van der Waals surface area contributed by atoms with E-state index in [2.05, 4.69) is 15.6 Å². The Morgan fingerprint density at radius 1 is 1.15 bits per heavy atom. The molecule has 180 valence electrons. The third-order valence-corrected chi connectivity index (χ3v) is 8.50. The summed E-state index contributed by atoms with van der Waals surface area (Å²) in [7, 11) is -2.93. The van der Waals surface area contributed by atoms with E-state index >= 15 is 0 Å². The highest BCUT2D eigenvalue weighted by Gasteiger charge is 2.48. The molecule has 0 aromatic heterocycles. The van der Waals surface area contributed by atoms with Crippen molar-refractivity contribution in [1.29, 1.82) is 0 Å². The maximum Gasteiger partial charge on any atom is 0.344 e. The van der Waals surface area contributed by atoms with E-state index in [1.807, 2.05) is 35.2 Å². The number of imide groups is 1. The summed E-state index contributed by atoms with van der Waals surface area (Å²) in [4.78, 5) is 42.0. The van der Waals surface area contributed by atoms with E-state index in [4.69, 9.17) is 0 Å². The van der Waals surface area contributed by atoms with Gasteiger partial charge in [0.25, 0.3) is 11.8 Å². The summed E-state index contributed by atoms with van der Waals surface area (Å²) < 4.78 is 23.4. The SMILES string of the molecule is C[C@]1(CCc2ccccc2)NC(=O)N(NC(=O)CN2CCN([C@@H]3CCS(=O)(=O)C3)CC2)C1=O. The Hall–Kier alpha value is -2.50. The van der Waals surface area contributed by atoms with E-state index in [9.17, 15) is 22.8 Å². The molecule has 2 N–H and O–H groups in total. The zero-order valence-electron chi connectivity index (χ0n) is 18.8. The summed E-state index contributed by atoms with van der Waals surface area (Å²) in [5, 5.41) is 3.49. The highest BCUT2D eigenvalue weighted by molar-refractivity contribution is 7.91. The normalized spacial score (nSPS) is 28.2. The van der Waals surface area contributed by atoms with Crippen LogP contribution in [0.15, 0.2) is 30.3 Å². The minimum atomic E-state index is -2.93. The van der Waals surface area contributed by atoms with E-state index in [0.717, 1.165) is 10.6 Å². The second-order valence-electron chi connectivity index (χ2n) is 9.29. The number of urea groups is 1. The van der Waals surface area contributed by atoms with Crippen LogP contribution >= 0.6 is 0 Å². The third-order valence-electron chi connectivity index (χ3n) is 6.75. The first-order chi connectivity index (χ1) is 15.7. The number of aryl methyl sites for hydroxylation is 1. The molecule has 3 heterocycles. The number of nitrogens with zero attached hydrogens (tertiary/aromatic N) is 3. The van der Waals surface area contributed by atoms with Gasteiger partial charge in [-0.15, -0.1) is 0 Å². The first-order valence-electron chi connectivity index (χ1n) is 11.3. The molecule has 0 radical (unpaired) electrons. The number of carbonyl (C=O) groups is 3. The lowest BCUT2D eigenvalue weighted by molar-refractivity contribution is -0.139. The lowest BCUT2D eigenvalue weighted by atomic mass is 9.93. The second-order valence-corrected chi connectivity index (χ2v) is 11.5. The number of sulfone groups is 1. The van der Waals surface area contributed by atoms with Crippen molar-refractivity contribution in [1.82, 2.24) is 25.6 Å². The fraction of sp³-hybridized carbons (Fsp3) is 0.591. The Labute approximate surface area is 194 Å². The van der Waals surface area contributed by atoms with Crippen molar-refractivity contribution in [2.45, 2.75) is 37.8 Å². The van der Waals surface area contributed by atoms with Crippen molar-refractivity contribution in [2.24, 2.45) is 0 Å². The second kappa shape index (κ2) is 9.40. The molecule has 1 aromatic rings. The van der Waals surface area contributed by atoms with Crippen LogP contribution in [0, 0.1) is 0 Å². The maximum atomic E-state index is 12.9. The average Bonchev–Trinajstić information content (AvgIpc) is 3.25. The van der Waals surface area contributed by atoms with Crippen LogP contribution in [0.3, 0.4) is 0 Å². The summed E-state index contributed by atoms with van der Waals surface area (Å²) in [6.45, 7) is 4.36. The van der Waals surface area contributed by atoms with Crippen LogP contribution in [-0.2, 0) is 25.8 Å². The molecule has 0 bridgehead atoms. The molecule has 3 aliphatic rings. The zero-order chi connectivity index (χ0) is 23.6. The third kappa shape index (κ3) is 5.53. The largest absolute Gasteiger partial charge is 0.344 e. The van der Waals surface area contributed by atoms with Crippen LogP contribution in [-0.4, -0.2) is 96.9 Å². The quantitative estimate of drug-likeness (QED) is 0.521. The van der Waals surface area contributed by atoms with Crippen LogP contribution in [0.25, 0.3) is 0 Å². The fourth-order valence-corrected chi connectivity index (χ4v) is 6.47. The minimum absolute atomic E-state index is 0.0606. The number of hydrogen-bond donors (Lipinski definition) is 2. The average molecular weight is 478 g/mol. The smallest absolute Gasteiger partial charge is 0.322 e. The van der Waals surface area contributed by atoms with E-state index < -0.39 is 33.2 Å². The number of benzene rings is 1. The van der Waals surface area contributed by atoms with Gasteiger partial charge in [-0.25, -0.2) is 13.2 Å². The van der Waals surface area contributed by atoms with Gasteiger partial charge >= 0.3 is 6.03 Å². The van der Waals surface area contributed by atoms with Crippen LogP contribution in [0.5, 0.6) is 0 Å². The van der Waals surface area contributed by atoms with Crippen molar-refractivity contribution in [3.8, 4) is 0 Å². The van der Waals surface area contributed by atoms with Crippen molar-refractivity contribution >= 4 is 27.7 Å².